The van der Waals surface area contributed by atoms with Crippen molar-refractivity contribution in [1.82, 2.24) is 18.3 Å². The van der Waals surface area contributed by atoms with Gasteiger partial charge in [-0.3, -0.25) is 19.2 Å². The number of para-hydroxylation sites is 8. The van der Waals surface area contributed by atoms with Crippen LogP contribution in [0.2, 0.25) is 0 Å². The van der Waals surface area contributed by atoms with Gasteiger partial charge in [-0.2, -0.15) is 0 Å². The quantitative estimate of drug-likeness (QED) is 0.0538. The van der Waals surface area contributed by atoms with Crippen LogP contribution in [0.25, 0.3) is 66.4 Å². The number of carboxylic acids is 2. The first-order valence-corrected chi connectivity index (χ1v) is 38.8. The van der Waals surface area contributed by atoms with Gasteiger partial charge in [0.2, 0.25) is 0 Å². The number of hydrogen-bond acceptors (Lipinski definition) is 6. The molecule has 0 amide bonds. The van der Waals surface area contributed by atoms with Crippen molar-refractivity contribution >= 4 is 67.5 Å². The van der Waals surface area contributed by atoms with Crippen LogP contribution >= 0.6 is 0 Å². The molecule has 0 spiro atoms. The molecule has 0 saturated carbocycles. The van der Waals surface area contributed by atoms with Crippen LogP contribution in [0, 0.1) is 11.8 Å². The van der Waals surface area contributed by atoms with Gasteiger partial charge in [0.1, 0.15) is 0 Å². The highest BCUT2D eigenvalue weighted by atomic mass is 16.5. The summed E-state index contributed by atoms with van der Waals surface area (Å²) in [6.45, 7) is 5.84. The monoisotopic (exact) mass is 1490 g/mol. The third-order valence-corrected chi connectivity index (χ3v) is 21.2. The Kier molecular flexibility index (Phi) is 26.1. The van der Waals surface area contributed by atoms with Crippen molar-refractivity contribution in [3.05, 3.63) is 409 Å². The molecule has 0 radical (unpaired) electrons. The van der Waals surface area contributed by atoms with Gasteiger partial charge in [-0.25, -0.2) is 0 Å². The first-order valence-electron chi connectivity index (χ1n) is 38.8. The number of rotatable bonds is 25. The van der Waals surface area contributed by atoms with E-state index in [1.54, 1.807) is 13.8 Å². The molecule has 12 heteroatoms. The third-order valence-electron chi connectivity index (χ3n) is 21.2. The van der Waals surface area contributed by atoms with Gasteiger partial charge in [-0.05, 0) is 150 Å². The van der Waals surface area contributed by atoms with Crippen molar-refractivity contribution in [3.63, 3.8) is 0 Å². The Balaban J connectivity index is 0.000000132. The van der Waals surface area contributed by atoms with Gasteiger partial charge in [-0.15, -0.1) is 0 Å². The molecule has 0 aliphatic carbocycles. The van der Waals surface area contributed by atoms with E-state index < -0.39 is 23.8 Å². The molecule has 2 N–H and O–H groups in total. The van der Waals surface area contributed by atoms with Crippen LogP contribution in [0.5, 0.6) is 0 Å². The Morgan fingerprint density at radius 3 is 0.770 bits per heavy atom. The topological polar surface area (TPSA) is 147 Å². The van der Waals surface area contributed by atoms with Gasteiger partial charge in [0.15, 0.2) is 0 Å². The molecule has 12 aromatic carbocycles. The minimum atomic E-state index is -0.757. The zero-order valence-electron chi connectivity index (χ0n) is 64.2. The smallest absolute Gasteiger partial charge is 0.306 e. The maximum absolute atomic E-state index is 12.1. The van der Waals surface area contributed by atoms with Crippen LogP contribution < -0.4 is 0 Å². The normalized spacial score (nSPS) is 12.7. The Morgan fingerprint density at radius 1 is 0.301 bits per heavy atom. The summed E-state index contributed by atoms with van der Waals surface area (Å²) in [4.78, 5) is 47.1. The average molecular weight is 1490 g/mol. The third kappa shape index (κ3) is 18.8. The van der Waals surface area contributed by atoms with Crippen LogP contribution in [0.15, 0.2) is 365 Å². The molecule has 16 aromatic rings. The number of fused-ring (bicyclic) bond motifs is 4. The number of hydrogen-bond donors (Lipinski definition) is 2. The number of aliphatic carboxylic acids is 2. The van der Waals surface area contributed by atoms with E-state index in [4.69, 9.17) is 9.47 Å². The standard InChI is InChI=1S/C26H25NO2.3C25H23NO2/c1-2-29-26(28)18-17-22(20-11-5-3-6-12-20)24-19-27(21-13-7-4-8-14-21)25-16-10-9-15-23(24)25;2*1-18(25(27)28)16-22(19-10-4-2-5-11-19)23-17-26(20-12-6-3-7-13-20)24-15-9-8-14-21(23)24;1-28-25(27)17-16-21(19-10-4-2-5-11-19)23-18-26(20-12-6-3-7-13-20)24-15-9-8-14-22(23)24/h3-16,19,22H,2,17-18H2,1H3;2*2-15,17-18,22H,16H2,1H3,(H,27,28);2-15,18,21H,16-17H2,1H3/t;2*18-,22?;/m.10./s1. The second kappa shape index (κ2) is 37.9. The summed E-state index contributed by atoms with van der Waals surface area (Å²) in [6.07, 6.45) is 12.1. The van der Waals surface area contributed by atoms with Crippen molar-refractivity contribution in [2.24, 2.45) is 11.8 Å². The minimum absolute atomic E-state index is 0.0159. The molecule has 0 saturated heterocycles. The van der Waals surface area contributed by atoms with Gasteiger partial charge in [0.05, 0.1) is 47.6 Å². The van der Waals surface area contributed by atoms with E-state index in [2.05, 4.69) is 261 Å². The van der Waals surface area contributed by atoms with Crippen LogP contribution in [-0.2, 0) is 28.7 Å². The van der Waals surface area contributed by atoms with Gasteiger partial charge >= 0.3 is 23.9 Å². The van der Waals surface area contributed by atoms with Crippen LogP contribution in [0.3, 0.4) is 0 Å². The molecule has 16 rings (SSSR count). The minimum Gasteiger partial charge on any atom is -0.481 e. The SMILES string of the molecule is CCOC(=O)CCC(c1ccccc1)c1cn(-c2ccccc2)c2ccccc12.COC(=O)CCC(c1ccccc1)c1cn(-c2ccccc2)c2ccccc12.C[C@@H](CC(c1ccccc1)c1cn(-c2ccccc2)c2ccccc12)C(=O)O.C[C@H](CC(c1ccccc1)c1cn(-c2ccccc2)c2ccccc12)C(=O)O. The highest BCUT2D eigenvalue weighted by molar-refractivity contribution is 5.90. The molecular formula is C101H94N4O8. The zero-order chi connectivity index (χ0) is 78.4. The van der Waals surface area contributed by atoms with Crippen molar-refractivity contribution in [3.8, 4) is 22.7 Å². The molecule has 0 aliphatic rings. The van der Waals surface area contributed by atoms with E-state index in [9.17, 15) is 29.4 Å². The second-order valence-electron chi connectivity index (χ2n) is 28.5. The Morgan fingerprint density at radius 2 is 0.522 bits per heavy atom. The summed E-state index contributed by atoms with van der Waals surface area (Å²) in [5.74, 6) is -2.41. The van der Waals surface area contributed by atoms with Gasteiger partial charge < -0.3 is 38.0 Å². The fraction of sp³-hybridized carbons (Fsp3) is 0.168. The number of benzene rings is 12. The molecule has 566 valence electrons. The van der Waals surface area contributed by atoms with Crippen molar-refractivity contribution in [2.75, 3.05) is 13.7 Å². The first-order chi connectivity index (χ1) is 55.3. The van der Waals surface area contributed by atoms with Gasteiger partial charge in [-0.1, -0.05) is 281 Å². The Bertz CT molecular complexity index is 5560. The Labute approximate surface area is 661 Å². The fourth-order valence-electron chi connectivity index (χ4n) is 15.5. The number of ether oxygens (including phenoxy) is 2. The van der Waals surface area contributed by atoms with Crippen molar-refractivity contribution in [1.29, 1.82) is 0 Å². The second-order valence-corrected chi connectivity index (χ2v) is 28.5. The van der Waals surface area contributed by atoms with Crippen LogP contribution in [0.4, 0.5) is 0 Å². The average Bonchev–Trinajstić information content (AvgIpc) is 1.64. The van der Waals surface area contributed by atoms with E-state index >= 15 is 0 Å². The number of carbonyl (C=O) groups excluding carboxylic acids is 2. The maximum Gasteiger partial charge on any atom is 0.306 e. The fourth-order valence-corrected chi connectivity index (χ4v) is 15.5. The molecule has 4 aromatic heterocycles. The predicted molar refractivity (Wildman–Crippen MR) is 456 cm³/mol. The van der Waals surface area contributed by atoms with Gasteiger partial charge in [0, 0.05) is 106 Å². The van der Waals surface area contributed by atoms with Crippen molar-refractivity contribution in [2.45, 2.75) is 83.0 Å². The van der Waals surface area contributed by atoms with Crippen LogP contribution in [-0.4, -0.2) is 66.1 Å². The lowest BCUT2D eigenvalue weighted by Crippen LogP contribution is -2.14. The molecule has 6 atom stereocenters. The number of methoxy groups -OCH3 is 1. The van der Waals surface area contributed by atoms with Gasteiger partial charge in [0.25, 0.3) is 0 Å². The molecule has 0 fully saturated rings. The number of carboxylic acid groups (broad SMARTS) is 2. The van der Waals surface area contributed by atoms with E-state index in [0.29, 0.717) is 45.1 Å². The number of nitrogens with zero attached hydrogens (tertiary/aromatic N) is 4. The largest absolute Gasteiger partial charge is 0.481 e. The molecule has 12 nitrogen and oxygen atoms in total. The lowest BCUT2D eigenvalue weighted by atomic mass is 9.84. The highest BCUT2D eigenvalue weighted by Gasteiger charge is 2.29. The summed E-state index contributed by atoms with van der Waals surface area (Å²) >= 11 is 0. The van der Waals surface area contributed by atoms with E-state index in [1.807, 2.05) is 128 Å². The maximum atomic E-state index is 12.1. The van der Waals surface area contributed by atoms with Crippen LogP contribution in [0.1, 0.15) is 127 Å². The Hall–Kier alpha value is -13.3. The van der Waals surface area contributed by atoms with E-state index in [1.165, 1.54) is 62.3 Å². The summed E-state index contributed by atoms with van der Waals surface area (Å²) in [6, 6.07) is 116. The zero-order valence-corrected chi connectivity index (χ0v) is 64.2. The predicted octanol–water partition coefficient (Wildman–Crippen LogP) is 23.6. The lowest BCUT2D eigenvalue weighted by Gasteiger charge is -2.19. The molecule has 4 heterocycles. The molecule has 4 unspecified atom stereocenters. The molecule has 113 heavy (non-hydrogen) atoms. The number of esters is 2. The highest BCUT2D eigenvalue weighted by Crippen LogP contribution is 2.42. The number of carbonyl (C=O) groups is 4. The summed E-state index contributed by atoms with van der Waals surface area (Å²) in [7, 11) is 1.45. The van der Waals surface area contributed by atoms with E-state index in [-0.39, 0.29) is 35.6 Å². The van der Waals surface area contributed by atoms with E-state index in [0.717, 1.165) is 55.7 Å². The number of aromatic nitrogens is 4. The summed E-state index contributed by atoms with van der Waals surface area (Å²) in [5.41, 5.74) is 18.6. The molecular weight excluding hydrogens is 1400 g/mol. The molecule has 0 aliphatic heterocycles. The first kappa shape index (κ1) is 77.8. The summed E-state index contributed by atoms with van der Waals surface area (Å²) < 4.78 is 18.9. The molecule has 0 bridgehead atoms. The van der Waals surface area contributed by atoms with Crippen molar-refractivity contribution < 1.29 is 38.9 Å². The lowest BCUT2D eigenvalue weighted by molar-refractivity contribution is -0.143. The summed E-state index contributed by atoms with van der Waals surface area (Å²) in [5, 5.41) is 23.8.